The number of carboxylic acid groups (broad SMARTS) is 1. The second-order valence-electron chi connectivity index (χ2n) is 5.56. The first-order valence-corrected chi connectivity index (χ1v) is 6.69. The SMILES string of the molecule is COc1ccc(F)cc1CC(=O)N1CCC(C)(C(=O)O)C1. The number of halogens is 1. The summed E-state index contributed by atoms with van der Waals surface area (Å²) in [5.74, 6) is -1.11. The van der Waals surface area contributed by atoms with Gasteiger partial charge in [-0.2, -0.15) is 0 Å². The second kappa shape index (κ2) is 5.71. The molecule has 1 aromatic rings. The lowest BCUT2D eigenvalue weighted by Crippen LogP contribution is -2.35. The maximum atomic E-state index is 13.3. The second-order valence-corrected chi connectivity index (χ2v) is 5.56. The van der Waals surface area contributed by atoms with E-state index < -0.39 is 17.2 Å². The van der Waals surface area contributed by atoms with Crippen LogP contribution in [0, 0.1) is 11.2 Å². The molecule has 1 heterocycles. The van der Waals surface area contributed by atoms with E-state index in [1.807, 2.05) is 0 Å². The molecule has 5 nitrogen and oxygen atoms in total. The number of benzene rings is 1. The Morgan fingerprint density at radius 2 is 2.19 bits per heavy atom. The van der Waals surface area contributed by atoms with Gasteiger partial charge in [0.2, 0.25) is 5.91 Å². The number of carbonyl (C=O) groups excluding carboxylic acids is 1. The van der Waals surface area contributed by atoms with Gasteiger partial charge >= 0.3 is 5.97 Å². The van der Waals surface area contributed by atoms with Crippen LogP contribution >= 0.6 is 0 Å². The van der Waals surface area contributed by atoms with Gasteiger partial charge in [0.15, 0.2) is 0 Å². The first-order chi connectivity index (χ1) is 9.85. The fourth-order valence-electron chi connectivity index (χ4n) is 2.51. The molecule has 1 N–H and O–H groups in total. The van der Waals surface area contributed by atoms with Crippen molar-refractivity contribution in [2.24, 2.45) is 5.41 Å². The molecule has 1 aromatic carbocycles. The molecule has 114 valence electrons. The smallest absolute Gasteiger partial charge is 0.311 e. The lowest BCUT2D eigenvalue weighted by Gasteiger charge is -2.20. The molecule has 0 spiro atoms. The van der Waals surface area contributed by atoms with Gasteiger partial charge in [-0.05, 0) is 31.5 Å². The molecule has 0 saturated carbocycles. The molecular formula is C15H18FNO4. The number of nitrogens with zero attached hydrogens (tertiary/aromatic N) is 1. The summed E-state index contributed by atoms with van der Waals surface area (Å²) in [6.45, 7) is 2.21. The first kappa shape index (κ1) is 15.3. The van der Waals surface area contributed by atoms with Gasteiger partial charge in [-0.15, -0.1) is 0 Å². The maximum Gasteiger partial charge on any atom is 0.311 e. The van der Waals surface area contributed by atoms with Crippen molar-refractivity contribution in [2.45, 2.75) is 19.8 Å². The molecule has 1 saturated heterocycles. The Morgan fingerprint density at radius 1 is 1.48 bits per heavy atom. The van der Waals surface area contributed by atoms with Crippen molar-refractivity contribution in [1.82, 2.24) is 4.90 Å². The van der Waals surface area contributed by atoms with E-state index in [1.165, 1.54) is 30.2 Å². The molecule has 0 bridgehead atoms. The third-order valence-corrected chi connectivity index (χ3v) is 3.93. The summed E-state index contributed by atoms with van der Waals surface area (Å²) < 4.78 is 18.4. The molecule has 6 heteroatoms. The van der Waals surface area contributed by atoms with Crippen LogP contribution in [-0.2, 0) is 16.0 Å². The van der Waals surface area contributed by atoms with Crippen LogP contribution in [0.1, 0.15) is 18.9 Å². The first-order valence-electron chi connectivity index (χ1n) is 6.69. The predicted molar refractivity (Wildman–Crippen MR) is 73.6 cm³/mol. The Hall–Kier alpha value is -2.11. The lowest BCUT2D eigenvalue weighted by atomic mass is 9.90. The highest BCUT2D eigenvalue weighted by Crippen LogP contribution is 2.31. The molecule has 1 aliphatic rings. The van der Waals surface area contributed by atoms with Gasteiger partial charge < -0.3 is 14.7 Å². The van der Waals surface area contributed by atoms with Crippen LogP contribution in [0.15, 0.2) is 18.2 Å². The summed E-state index contributed by atoms with van der Waals surface area (Å²) in [7, 11) is 1.46. The van der Waals surface area contributed by atoms with Crippen LogP contribution < -0.4 is 4.74 Å². The van der Waals surface area contributed by atoms with Gasteiger partial charge in [0, 0.05) is 18.7 Å². The van der Waals surface area contributed by atoms with E-state index in [1.54, 1.807) is 6.92 Å². The molecule has 21 heavy (non-hydrogen) atoms. The molecule has 0 aliphatic carbocycles. The van der Waals surface area contributed by atoms with E-state index in [2.05, 4.69) is 0 Å². The van der Waals surface area contributed by atoms with Gasteiger partial charge in [-0.1, -0.05) is 0 Å². The van der Waals surface area contributed by atoms with Crippen molar-refractivity contribution < 1.29 is 23.8 Å². The number of hydrogen-bond acceptors (Lipinski definition) is 3. The number of carboxylic acids is 1. The number of rotatable bonds is 4. The quantitative estimate of drug-likeness (QED) is 0.918. The van der Waals surface area contributed by atoms with Crippen molar-refractivity contribution >= 4 is 11.9 Å². The zero-order valence-corrected chi connectivity index (χ0v) is 12.1. The fraction of sp³-hybridized carbons (Fsp3) is 0.467. The van der Waals surface area contributed by atoms with Crippen LogP contribution in [0.5, 0.6) is 5.75 Å². The Labute approximate surface area is 122 Å². The minimum absolute atomic E-state index is 0.00334. The molecule has 0 aromatic heterocycles. The third-order valence-electron chi connectivity index (χ3n) is 3.93. The molecule has 1 unspecified atom stereocenters. The lowest BCUT2D eigenvalue weighted by molar-refractivity contribution is -0.147. The zero-order valence-electron chi connectivity index (χ0n) is 12.1. The predicted octanol–water partition coefficient (Wildman–Crippen LogP) is 1.70. The van der Waals surface area contributed by atoms with Gasteiger partial charge in [-0.3, -0.25) is 9.59 Å². The van der Waals surface area contributed by atoms with Crippen molar-refractivity contribution in [3.8, 4) is 5.75 Å². The average Bonchev–Trinajstić information content (AvgIpc) is 2.83. The van der Waals surface area contributed by atoms with Gasteiger partial charge in [0.05, 0.1) is 18.9 Å². The molecule has 1 aliphatic heterocycles. The number of carbonyl (C=O) groups is 2. The summed E-state index contributed by atoms with van der Waals surface area (Å²) in [4.78, 5) is 25.0. The number of likely N-dealkylation sites (tertiary alicyclic amines) is 1. The minimum Gasteiger partial charge on any atom is -0.496 e. The largest absolute Gasteiger partial charge is 0.496 e. The van der Waals surface area contributed by atoms with Gasteiger partial charge in [-0.25, -0.2) is 4.39 Å². The van der Waals surface area contributed by atoms with Crippen LogP contribution in [0.2, 0.25) is 0 Å². The van der Waals surface area contributed by atoms with Crippen LogP contribution in [0.25, 0.3) is 0 Å². The van der Waals surface area contributed by atoms with Crippen LogP contribution in [0.4, 0.5) is 4.39 Å². The fourth-order valence-corrected chi connectivity index (χ4v) is 2.51. The molecular weight excluding hydrogens is 277 g/mol. The Balaban J connectivity index is 2.10. The summed E-state index contributed by atoms with van der Waals surface area (Å²) in [6.07, 6.45) is 0.422. The Morgan fingerprint density at radius 3 is 2.76 bits per heavy atom. The van der Waals surface area contributed by atoms with E-state index in [9.17, 15) is 19.1 Å². The van der Waals surface area contributed by atoms with E-state index in [0.29, 0.717) is 24.3 Å². The summed E-state index contributed by atoms with van der Waals surface area (Å²) >= 11 is 0. The molecule has 1 amide bonds. The number of hydrogen-bond donors (Lipinski definition) is 1. The number of amides is 1. The maximum absolute atomic E-state index is 13.3. The number of aliphatic carboxylic acids is 1. The Bertz CT molecular complexity index is 575. The van der Waals surface area contributed by atoms with Crippen molar-refractivity contribution in [3.63, 3.8) is 0 Å². The standard InChI is InChI=1S/C15H18FNO4/c1-15(14(19)20)5-6-17(9-15)13(18)8-10-7-11(16)3-4-12(10)21-2/h3-4,7H,5-6,8-9H2,1-2H3,(H,19,20). The third kappa shape index (κ3) is 3.15. The summed E-state index contributed by atoms with van der Waals surface area (Å²) in [5, 5.41) is 9.17. The molecule has 0 radical (unpaired) electrons. The average molecular weight is 295 g/mol. The molecule has 1 atom stereocenters. The Kier molecular flexibility index (Phi) is 4.16. The highest BCUT2D eigenvalue weighted by Gasteiger charge is 2.42. The summed E-state index contributed by atoms with van der Waals surface area (Å²) in [6, 6.07) is 4.01. The topological polar surface area (TPSA) is 66.8 Å². The van der Waals surface area contributed by atoms with E-state index >= 15 is 0 Å². The van der Waals surface area contributed by atoms with Crippen molar-refractivity contribution in [2.75, 3.05) is 20.2 Å². The monoisotopic (exact) mass is 295 g/mol. The van der Waals surface area contributed by atoms with Crippen LogP contribution in [0.3, 0.4) is 0 Å². The highest BCUT2D eigenvalue weighted by atomic mass is 19.1. The van der Waals surface area contributed by atoms with Crippen molar-refractivity contribution in [1.29, 1.82) is 0 Å². The van der Waals surface area contributed by atoms with Crippen LogP contribution in [-0.4, -0.2) is 42.1 Å². The van der Waals surface area contributed by atoms with E-state index in [4.69, 9.17) is 4.74 Å². The van der Waals surface area contributed by atoms with Gasteiger partial charge in [0.25, 0.3) is 0 Å². The normalized spacial score (nSPS) is 21.4. The number of methoxy groups -OCH3 is 1. The van der Waals surface area contributed by atoms with Gasteiger partial charge in [0.1, 0.15) is 11.6 Å². The highest BCUT2D eigenvalue weighted by molar-refractivity contribution is 5.82. The summed E-state index contributed by atoms with van der Waals surface area (Å²) in [5.41, 5.74) is -0.437. The van der Waals surface area contributed by atoms with E-state index in [0.717, 1.165) is 0 Å². The van der Waals surface area contributed by atoms with Crippen molar-refractivity contribution in [3.05, 3.63) is 29.6 Å². The minimum atomic E-state index is -0.902. The molecule has 1 fully saturated rings. The molecule has 2 rings (SSSR count). The van der Waals surface area contributed by atoms with E-state index in [-0.39, 0.29) is 18.9 Å². The zero-order chi connectivity index (χ0) is 15.6. The number of ether oxygens (including phenoxy) is 1.